The molecular formula is C14H25N3O4S2. The Hall–Kier alpha value is -1.00. The lowest BCUT2D eigenvalue weighted by Crippen LogP contribution is -2.52. The molecule has 0 saturated heterocycles. The van der Waals surface area contributed by atoms with Crippen molar-refractivity contribution in [1.29, 1.82) is 0 Å². The van der Waals surface area contributed by atoms with Crippen LogP contribution in [0.5, 0.6) is 0 Å². The van der Waals surface area contributed by atoms with E-state index < -0.39 is 25.6 Å². The van der Waals surface area contributed by atoms with Gasteiger partial charge >= 0.3 is 0 Å². The van der Waals surface area contributed by atoms with Crippen LogP contribution in [0.15, 0.2) is 28.0 Å². The molecule has 1 aromatic carbocycles. The summed E-state index contributed by atoms with van der Waals surface area (Å²) in [5, 5.41) is 0. The van der Waals surface area contributed by atoms with Gasteiger partial charge in [0, 0.05) is 12.1 Å². The number of rotatable bonds is 8. The summed E-state index contributed by atoms with van der Waals surface area (Å²) in [6, 6.07) is 3.92. The van der Waals surface area contributed by atoms with Gasteiger partial charge in [0.1, 0.15) is 0 Å². The van der Waals surface area contributed by atoms with Gasteiger partial charge in [-0.05, 0) is 50.6 Å². The fourth-order valence-corrected chi connectivity index (χ4v) is 4.86. The summed E-state index contributed by atoms with van der Waals surface area (Å²) in [4.78, 5) is 0.0693. The van der Waals surface area contributed by atoms with E-state index in [9.17, 15) is 16.8 Å². The van der Waals surface area contributed by atoms with E-state index in [0.29, 0.717) is 18.4 Å². The summed E-state index contributed by atoms with van der Waals surface area (Å²) in [5.74, 6) is 0. The van der Waals surface area contributed by atoms with Crippen molar-refractivity contribution in [3.05, 3.63) is 23.8 Å². The second kappa shape index (κ2) is 7.27. The Morgan fingerprint density at radius 2 is 1.65 bits per heavy atom. The van der Waals surface area contributed by atoms with Crippen LogP contribution in [-0.2, 0) is 20.0 Å². The highest BCUT2D eigenvalue weighted by Gasteiger charge is 2.31. The van der Waals surface area contributed by atoms with Crippen LogP contribution in [0.1, 0.15) is 32.3 Å². The van der Waals surface area contributed by atoms with Crippen LogP contribution < -0.4 is 15.2 Å². The number of hydrogen-bond acceptors (Lipinski definition) is 5. The van der Waals surface area contributed by atoms with Gasteiger partial charge in [0.15, 0.2) is 0 Å². The lowest BCUT2D eigenvalue weighted by molar-refractivity contribution is 0.363. The molecule has 0 spiro atoms. The molecule has 0 bridgehead atoms. The van der Waals surface area contributed by atoms with Crippen molar-refractivity contribution in [1.82, 2.24) is 9.44 Å². The van der Waals surface area contributed by atoms with Crippen LogP contribution in [0.25, 0.3) is 0 Å². The molecule has 0 aromatic heterocycles. The second-order valence-corrected chi connectivity index (χ2v) is 8.97. The molecule has 0 unspecified atom stereocenters. The smallest absolute Gasteiger partial charge is 0.241 e. The van der Waals surface area contributed by atoms with Gasteiger partial charge in [-0.2, -0.15) is 0 Å². The molecule has 0 aliphatic rings. The Labute approximate surface area is 138 Å². The molecule has 0 aliphatic carbocycles. The summed E-state index contributed by atoms with van der Waals surface area (Å²) in [6.45, 7) is 5.48. The van der Waals surface area contributed by atoms with E-state index in [4.69, 9.17) is 5.73 Å². The summed E-state index contributed by atoms with van der Waals surface area (Å²) in [5.41, 5.74) is 5.38. The van der Waals surface area contributed by atoms with Crippen LogP contribution in [0.2, 0.25) is 0 Å². The fourth-order valence-electron chi connectivity index (χ4n) is 2.27. The fraction of sp³-hybridized carbons (Fsp3) is 0.571. The molecule has 9 heteroatoms. The molecule has 0 fully saturated rings. The minimum Gasteiger partial charge on any atom is -0.329 e. The molecule has 4 N–H and O–H groups in total. The van der Waals surface area contributed by atoms with Crippen molar-refractivity contribution < 1.29 is 16.8 Å². The molecule has 0 atom stereocenters. The topological polar surface area (TPSA) is 118 Å². The molecule has 7 nitrogen and oxygen atoms in total. The second-order valence-electron chi connectivity index (χ2n) is 5.43. The first-order valence-corrected chi connectivity index (χ1v) is 10.3. The molecule has 1 rings (SSSR count). The molecule has 0 heterocycles. The monoisotopic (exact) mass is 363 g/mol. The molecule has 132 valence electrons. The Morgan fingerprint density at radius 3 is 2.04 bits per heavy atom. The highest BCUT2D eigenvalue weighted by atomic mass is 32.2. The van der Waals surface area contributed by atoms with Gasteiger partial charge in [-0.3, -0.25) is 0 Å². The molecule has 0 saturated carbocycles. The van der Waals surface area contributed by atoms with Gasteiger partial charge in [0.05, 0.1) is 9.79 Å². The van der Waals surface area contributed by atoms with Gasteiger partial charge in [-0.1, -0.05) is 13.8 Å². The SMILES string of the molecule is CCC(CC)(CN)NS(=O)(=O)c1ccc(S(=O)(=O)NC)c(C)c1. The molecular weight excluding hydrogens is 338 g/mol. The predicted molar refractivity (Wildman–Crippen MR) is 90.1 cm³/mol. The van der Waals surface area contributed by atoms with E-state index in [1.165, 1.54) is 25.2 Å². The number of nitrogens with one attached hydrogen (secondary N) is 2. The third-order valence-corrected chi connectivity index (χ3v) is 7.26. The summed E-state index contributed by atoms with van der Waals surface area (Å²) < 4.78 is 53.7. The third kappa shape index (κ3) is 4.30. The van der Waals surface area contributed by atoms with Gasteiger partial charge in [0.2, 0.25) is 20.0 Å². The number of sulfonamides is 2. The average Bonchev–Trinajstić information content (AvgIpc) is 2.52. The van der Waals surface area contributed by atoms with Crippen LogP contribution >= 0.6 is 0 Å². The van der Waals surface area contributed by atoms with E-state index in [2.05, 4.69) is 9.44 Å². The third-order valence-electron chi connectivity index (χ3n) is 4.11. The molecule has 23 heavy (non-hydrogen) atoms. The van der Waals surface area contributed by atoms with E-state index in [0.717, 1.165) is 0 Å². The lowest BCUT2D eigenvalue weighted by Gasteiger charge is -2.31. The van der Waals surface area contributed by atoms with Gasteiger partial charge in [-0.25, -0.2) is 26.3 Å². The van der Waals surface area contributed by atoms with Crippen molar-refractivity contribution >= 4 is 20.0 Å². The van der Waals surface area contributed by atoms with Crippen molar-refractivity contribution in [3.8, 4) is 0 Å². The Kier molecular flexibility index (Phi) is 6.33. The van der Waals surface area contributed by atoms with E-state index >= 15 is 0 Å². The van der Waals surface area contributed by atoms with Gasteiger partial charge < -0.3 is 5.73 Å². The molecule has 0 amide bonds. The maximum Gasteiger partial charge on any atom is 0.241 e. The zero-order chi connectivity index (χ0) is 17.9. The summed E-state index contributed by atoms with van der Waals surface area (Å²) in [7, 11) is -6.11. The lowest BCUT2D eigenvalue weighted by atomic mass is 9.95. The summed E-state index contributed by atoms with van der Waals surface area (Å²) >= 11 is 0. The first-order chi connectivity index (χ1) is 10.6. The van der Waals surface area contributed by atoms with E-state index in [1.807, 2.05) is 13.8 Å². The number of aryl methyl sites for hydroxylation is 1. The normalized spacial score (nSPS) is 13.3. The first-order valence-electron chi connectivity index (χ1n) is 7.35. The maximum atomic E-state index is 12.6. The minimum absolute atomic E-state index is 0.0183. The quantitative estimate of drug-likeness (QED) is 0.628. The van der Waals surface area contributed by atoms with E-state index in [1.54, 1.807) is 6.92 Å². The first kappa shape index (κ1) is 20.0. The van der Waals surface area contributed by atoms with Crippen LogP contribution in [0.3, 0.4) is 0 Å². The van der Waals surface area contributed by atoms with Crippen LogP contribution in [0.4, 0.5) is 0 Å². The Morgan fingerprint density at radius 1 is 1.09 bits per heavy atom. The van der Waals surface area contributed by atoms with Gasteiger partial charge in [0.25, 0.3) is 0 Å². The van der Waals surface area contributed by atoms with Crippen molar-refractivity contribution in [2.45, 2.75) is 48.9 Å². The minimum atomic E-state index is -3.79. The standard InChI is InChI=1S/C14H25N3O4S2/c1-5-14(6-2,10-15)17-22(18,19)12-7-8-13(11(3)9-12)23(20,21)16-4/h7-9,16-17H,5-6,10,15H2,1-4H3. The van der Waals surface area contributed by atoms with Gasteiger partial charge in [-0.15, -0.1) is 0 Å². The van der Waals surface area contributed by atoms with E-state index in [-0.39, 0.29) is 16.3 Å². The Balaban J connectivity index is 3.29. The zero-order valence-electron chi connectivity index (χ0n) is 13.9. The van der Waals surface area contributed by atoms with Crippen molar-refractivity contribution in [2.24, 2.45) is 5.73 Å². The Bertz CT molecular complexity index is 746. The molecule has 1 aromatic rings. The largest absolute Gasteiger partial charge is 0.329 e. The maximum absolute atomic E-state index is 12.6. The zero-order valence-corrected chi connectivity index (χ0v) is 15.5. The summed E-state index contributed by atoms with van der Waals surface area (Å²) in [6.07, 6.45) is 1.12. The molecule has 0 aliphatic heterocycles. The average molecular weight is 364 g/mol. The number of nitrogens with two attached hydrogens (primary N) is 1. The van der Waals surface area contributed by atoms with Crippen molar-refractivity contribution in [3.63, 3.8) is 0 Å². The number of hydrogen-bond donors (Lipinski definition) is 3. The predicted octanol–water partition coefficient (Wildman–Crippen LogP) is 0.699. The van der Waals surface area contributed by atoms with Crippen molar-refractivity contribution in [2.75, 3.05) is 13.6 Å². The molecule has 0 radical (unpaired) electrons. The van der Waals surface area contributed by atoms with Crippen LogP contribution in [0, 0.1) is 6.92 Å². The van der Waals surface area contributed by atoms with Crippen LogP contribution in [-0.4, -0.2) is 36.0 Å². The highest BCUT2D eigenvalue weighted by Crippen LogP contribution is 2.22. The number of benzene rings is 1. The highest BCUT2D eigenvalue weighted by molar-refractivity contribution is 7.90.